The van der Waals surface area contributed by atoms with Gasteiger partial charge in [-0.3, -0.25) is 0 Å². The maximum absolute atomic E-state index is 6.28. The second kappa shape index (κ2) is 4.84. The zero-order valence-corrected chi connectivity index (χ0v) is 13.8. The highest BCUT2D eigenvalue weighted by atomic mass is 79.9. The Bertz CT molecular complexity index is 626. The quantitative estimate of drug-likeness (QED) is 0.835. The van der Waals surface area contributed by atoms with Crippen molar-refractivity contribution in [3.8, 4) is 11.3 Å². The van der Waals surface area contributed by atoms with Crippen molar-refractivity contribution >= 4 is 33.3 Å². The first-order valence-electron chi connectivity index (χ1n) is 6.00. The van der Waals surface area contributed by atoms with Crippen molar-refractivity contribution in [2.24, 2.45) is 7.05 Å². The van der Waals surface area contributed by atoms with E-state index in [2.05, 4.69) is 41.7 Å². The molecule has 3 nitrogen and oxygen atoms in total. The average Bonchev–Trinajstić information content (AvgIpc) is 2.56. The number of nitrogens with two attached hydrogens (primary N) is 1. The van der Waals surface area contributed by atoms with Gasteiger partial charge in [-0.05, 0) is 12.1 Å². The number of rotatable bonds is 1. The summed E-state index contributed by atoms with van der Waals surface area (Å²) in [4.78, 5) is 4.68. The Balaban J connectivity index is 2.64. The van der Waals surface area contributed by atoms with Crippen molar-refractivity contribution in [1.82, 2.24) is 9.55 Å². The normalized spacial score (nSPS) is 11.9. The molecule has 1 aromatic carbocycles. The molecule has 0 saturated heterocycles. The summed E-state index contributed by atoms with van der Waals surface area (Å²) in [5.74, 6) is 1.58. The zero-order chi connectivity index (χ0) is 14.4. The van der Waals surface area contributed by atoms with Crippen molar-refractivity contribution in [2.45, 2.75) is 26.2 Å². The van der Waals surface area contributed by atoms with Crippen LogP contribution in [0.15, 0.2) is 22.7 Å². The van der Waals surface area contributed by atoms with E-state index in [1.54, 1.807) is 0 Å². The van der Waals surface area contributed by atoms with Crippen LogP contribution in [0.4, 0.5) is 5.82 Å². The molecule has 1 heterocycles. The third-order valence-electron chi connectivity index (χ3n) is 3.00. The number of nitrogen functional groups attached to an aromatic ring is 1. The van der Waals surface area contributed by atoms with E-state index in [9.17, 15) is 0 Å². The lowest BCUT2D eigenvalue weighted by molar-refractivity contribution is 0.524. The molecule has 0 bridgehead atoms. The first kappa shape index (κ1) is 14.4. The van der Waals surface area contributed by atoms with E-state index in [1.165, 1.54) is 0 Å². The molecule has 2 N–H and O–H groups in total. The summed E-state index contributed by atoms with van der Waals surface area (Å²) in [5.41, 5.74) is 7.70. The Labute approximate surface area is 126 Å². The maximum Gasteiger partial charge on any atom is 0.131 e. The standard InChI is InChI=1S/C14H17BrClN3/c1-14(2,3)13-18-11(12(17)19(13)4)9-6-5-8(15)7-10(9)16/h5-7H,17H2,1-4H3. The number of halogens is 2. The molecule has 0 aliphatic carbocycles. The molecule has 0 spiro atoms. The molecule has 0 radical (unpaired) electrons. The zero-order valence-electron chi connectivity index (χ0n) is 11.5. The Hall–Kier alpha value is -1.00. The van der Waals surface area contributed by atoms with E-state index < -0.39 is 0 Å². The summed E-state index contributed by atoms with van der Waals surface area (Å²) in [7, 11) is 1.93. The molecule has 2 rings (SSSR count). The Morgan fingerprint density at radius 3 is 2.42 bits per heavy atom. The minimum atomic E-state index is -0.0665. The lowest BCUT2D eigenvalue weighted by Crippen LogP contribution is -2.17. The number of benzene rings is 1. The van der Waals surface area contributed by atoms with Gasteiger partial charge in [0.15, 0.2) is 0 Å². The number of nitrogens with zero attached hydrogens (tertiary/aromatic N) is 2. The smallest absolute Gasteiger partial charge is 0.131 e. The van der Waals surface area contributed by atoms with Crippen molar-refractivity contribution in [3.63, 3.8) is 0 Å². The van der Waals surface area contributed by atoms with Crippen LogP contribution in [-0.2, 0) is 12.5 Å². The van der Waals surface area contributed by atoms with E-state index in [0.29, 0.717) is 10.8 Å². The molecule has 1 aromatic heterocycles. The van der Waals surface area contributed by atoms with Gasteiger partial charge in [0.1, 0.15) is 17.3 Å². The highest BCUT2D eigenvalue weighted by Gasteiger charge is 2.24. The minimum absolute atomic E-state index is 0.0665. The van der Waals surface area contributed by atoms with Crippen LogP contribution in [0.2, 0.25) is 5.02 Å². The fourth-order valence-corrected chi connectivity index (χ4v) is 2.82. The Kier molecular flexibility index (Phi) is 3.67. The van der Waals surface area contributed by atoms with Crippen LogP contribution < -0.4 is 5.73 Å². The van der Waals surface area contributed by atoms with E-state index in [1.807, 2.05) is 29.8 Å². The molecule has 2 aromatic rings. The van der Waals surface area contributed by atoms with Crippen LogP contribution in [0.5, 0.6) is 0 Å². The van der Waals surface area contributed by atoms with Crippen LogP contribution in [0.3, 0.4) is 0 Å². The largest absolute Gasteiger partial charge is 0.383 e. The number of hydrogen-bond donors (Lipinski definition) is 1. The van der Waals surface area contributed by atoms with E-state index in [-0.39, 0.29) is 5.41 Å². The predicted octanol–water partition coefficient (Wildman–Crippen LogP) is 4.38. The van der Waals surface area contributed by atoms with E-state index in [4.69, 9.17) is 17.3 Å². The van der Waals surface area contributed by atoms with Gasteiger partial charge in [-0.25, -0.2) is 4.98 Å². The minimum Gasteiger partial charge on any atom is -0.383 e. The Morgan fingerprint density at radius 1 is 1.32 bits per heavy atom. The van der Waals surface area contributed by atoms with Gasteiger partial charge in [-0.1, -0.05) is 54.4 Å². The van der Waals surface area contributed by atoms with Crippen LogP contribution >= 0.6 is 27.5 Å². The predicted molar refractivity (Wildman–Crippen MR) is 84.5 cm³/mol. The lowest BCUT2D eigenvalue weighted by Gasteiger charge is -2.17. The summed E-state index contributed by atoms with van der Waals surface area (Å²) in [6.07, 6.45) is 0. The summed E-state index contributed by atoms with van der Waals surface area (Å²) >= 11 is 9.67. The average molecular weight is 343 g/mol. The van der Waals surface area contributed by atoms with Gasteiger partial charge in [0.05, 0.1) is 5.02 Å². The number of anilines is 1. The highest BCUT2D eigenvalue weighted by molar-refractivity contribution is 9.10. The van der Waals surface area contributed by atoms with Crippen LogP contribution in [-0.4, -0.2) is 9.55 Å². The molecule has 5 heteroatoms. The molecule has 0 aliphatic heterocycles. The van der Waals surface area contributed by atoms with Gasteiger partial charge in [0, 0.05) is 22.5 Å². The van der Waals surface area contributed by atoms with Crippen molar-refractivity contribution in [3.05, 3.63) is 33.5 Å². The second-order valence-corrected chi connectivity index (χ2v) is 6.93. The van der Waals surface area contributed by atoms with Gasteiger partial charge in [-0.2, -0.15) is 0 Å². The van der Waals surface area contributed by atoms with Gasteiger partial charge in [0.2, 0.25) is 0 Å². The Morgan fingerprint density at radius 2 is 1.95 bits per heavy atom. The molecule has 0 fully saturated rings. The molecule has 0 saturated carbocycles. The molecular formula is C14H17BrClN3. The second-order valence-electron chi connectivity index (χ2n) is 5.60. The molecule has 0 amide bonds. The highest BCUT2D eigenvalue weighted by Crippen LogP contribution is 2.35. The monoisotopic (exact) mass is 341 g/mol. The topological polar surface area (TPSA) is 43.8 Å². The molecule has 0 aliphatic rings. The molecule has 19 heavy (non-hydrogen) atoms. The summed E-state index contributed by atoms with van der Waals surface area (Å²) in [6, 6.07) is 5.71. The first-order valence-corrected chi connectivity index (χ1v) is 7.17. The van der Waals surface area contributed by atoms with Gasteiger partial charge in [0.25, 0.3) is 0 Å². The number of aromatic nitrogens is 2. The molecule has 102 valence electrons. The van der Waals surface area contributed by atoms with Gasteiger partial charge >= 0.3 is 0 Å². The maximum atomic E-state index is 6.28. The third kappa shape index (κ3) is 2.65. The molecule has 0 unspecified atom stereocenters. The summed E-state index contributed by atoms with van der Waals surface area (Å²) < 4.78 is 2.86. The van der Waals surface area contributed by atoms with E-state index >= 15 is 0 Å². The lowest BCUT2D eigenvalue weighted by atomic mass is 9.96. The molecule has 0 atom stereocenters. The van der Waals surface area contributed by atoms with Gasteiger partial charge in [-0.15, -0.1) is 0 Å². The SMILES string of the molecule is Cn1c(C(C)(C)C)nc(-c2ccc(Br)cc2Cl)c1N. The fourth-order valence-electron chi connectivity index (χ4n) is 2.06. The van der Waals surface area contributed by atoms with Gasteiger partial charge < -0.3 is 10.3 Å². The van der Waals surface area contributed by atoms with Crippen molar-refractivity contribution in [2.75, 3.05) is 5.73 Å². The third-order valence-corrected chi connectivity index (χ3v) is 3.80. The van der Waals surface area contributed by atoms with Crippen LogP contribution in [0.25, 0.3) is 11.3 Å². The van der Waals surface area contributed by atoms with E-state index in [0.717, 1.165) is 21.6 Å². The molecular weight excluding hydrogens is 326 g/mol. The van der Waals surface area contributed by atoms with Crippen LogP contribution in [0, 0.1) is 0 Å². The summed E-state index contributed by atoms with van der Waals surface area (Å²) in [5, 5.41) is 0.639. The van der Waals surface area contributed by atoms with Crippen molar-refractivity contribution < 1.29 is 0 Å². The number of hydrogen-bond acceptors (Lipinski definition) is 2. The van der Waals surface area contributed by atoms with Crippen LogP contribution in [0.1, 0.15) is 26.6 Å². The number of imidazole rings is 1. The first-order chi connectivity index (χ1) is 8.71. The fraction of sp³-hybridized carbons (Fsp3) is 0.357. The summed E-state index contributed by atoms with van der Waals surface area (Å²) in [6.45, 7) is 6.34. The van der Waals surface area contributed by atoms with Crippen molar-refractivity contribution in [1.29, 1.82) is 0 Å².